The predicted molar refractivity (Wildman–Crippen MR) is 97.2 cm³/mol. The van der Waals surface area contributed by atoms with Crippen molar-refractivity contribution in [3.05, 3.63) is 71.5 Å². The third kappa shape index (κ3) is 2.75. The Kier molecular flexibility index (Phi) is 3.99. The molecule has 5 nitrogen and oxygen atoms in total. The maximum atomic E-state index is 12.9. The summed E-state index contributed by atoms with van der Waals surface area (Å²) in [5.41, 5.74) is 3.33. The standard InChI is InChI=1S/C21H19NO4/c1-13-4-2-3-5-16(13)17-11-22(12-18(17)21(24)25)20(23)15-6-7-19-14(10-15)8-9-26-19/h2-10,17-18H,11-12H2,1H3,(H,24,25)/t17-,18+/m0/s1. The summed E-state index contributed by atoms with van der Waals surface area (Å²) in [6.45, 7) is 2.60. The number of carboxylic acids is 1. The molecule has 2 aromatic carbocycles. The van der Waals surface area contributed by atoms with Crippen LogP contribution in [0.3, 0.4) is 0 Å². The summed E-state index contributed by atoms with van der Waals surface area (Å²) in [5, 5.41) is 10.5. The highest BCUT2D eigenvalue weighted by Gasteiger charge is 2.41. The monoisotopic (exact) mass is 349 g/mol. The SMILES string of the molecule is Cc1ccccc1[C@@H]1CN(C(=O)c2ccc3occc3c2)C[C@H]1C(=O)O. The van der Waals surface area contributed by atoms with E-state index in [1.807, 2.05) is 37.3 Å². The molecule has 1 fully saturated rings. The number of likely N-dealkylation sites (tertiary alicyclic amines) is 1. The van der Waals surface area contributed by atoms with Gasteiger partial charge in [0.1, 0.15) is 5.58 Å². The molecular weight excluding hydrogens is 330 g/mol. The lowest BCUT2D eigenvalue weighted by atomic mass is 9.86. The summed E-state index contributed by atoms with van der Waals surface area (Å²) >= 11 is 0. The minimum Gasteiger partial charge on any atom is -0.481 e. The highest BCUT2D eigenvalue weighted by Crippen LogP contribution is 2.35. The third-order valence-corrected chi connectivity index (χ3v) is 5.21. The molecule has 2 atom stereocenters. The molecule has 0 unspecified atom stereocenters. The Hall–Kier alpha value is -3.08. The van der Waals surface area contributed by atoms with Crippen LogP contribution in [0.15, 0.2) is 59.2 Å². The molecule has 4 rings (SSSR count). The number of carbonyl (C=O) groups is 2. The summed E-state index contributed by atoms with van der Waals surface area (Å²) in [4.78, 5) is 26.4. The normalized spacial score (nSPS) is 19.8. The van der Waals surface area contributed by atoms with Gasteiger partial charge in [0.25, 0.3) is 5.91 Å². The van der Waals surface area contributed by atoms with Crippen molar-refractivity contribution in [1.82, 2.24) is 4.90 Å². The molecule has 1 N–H and O–H groups in total. The number of fused-ring (bicyclic) bond motifs is 1. The average Bonchev–Trinajstić information content (AvgIpc) is 3.28. The summed E-state index contributed by atoms with van der Waals surface area (Å²) in [6.07, 6.45) is 1.59. The minimum absolute atomic E-state index is 0.143. The molecule has 1 aliphatic heterocycles. The van der Waals surface area contributed by atoms with E-state index in [9.17, 15) is 14.7 Å². The number of nitrogens with zero attached hydrogens (tertiary/aromatic N) is 1. The molecule has 1 saturated heterocycles. The van der Waals surface area contributed by atoms with Gasteiger partial charge in [-0.15, -0.1) is 0 Å². The first-order valence-corrected chi connectivity index (χ1v) is 8.59. The molecule has 0 aliphatic carbocycles. The Morgan fingerprint density at radius 1 is 1.12 bits per heavy atom. The van der Waals surface area contributed by atoms with Gasteiger partial charge in [0.15, 0.2) is 0 Å². The zero-order chi connectivity index (χ0) is 18.3. The molecular formula is C21H19NO4. The van der Waals surface area contributed by atoms with Crippen LogP contribution >= 0.6 is 0 Å². The number of carboxylic acid groups (broad SMARTS) is 1. The van der Waals surface area contributed by atoms with E-state index in [2.05, 4.69) is 0 Å². The summed E-state index contributed by atoms with van der Waals surface area (Å²) in [7, 11) is 0. The first kappa shape index (κ1) is 16.4. The Morgan fingerprint density at radius 2 is 1.92 bits per heavy atom. The van der Waals surface area contributed by atoms with Gasteiger partial charge in [-0.1, -0.05) is 24.3 Å². The highest BCUT2D eigenvalue weighted by molar-refractivity contribution is 5.98. The molecule has 0 radical (unpaired) electrons. The van der Waals surface area contributed by atoms with Gasteiger partial charge in [-0.3, -0.25) is 9.59 Å². The van der Waals surface area contributed by atoms with E-state index in [1.165, 1.54) is 0 Å². The fraction of sp³-hybridized carbons (Fsp3) is 0.238. The number of hydrogen-bond donors (Lipinski definition) is 1. The van der Waals surface area contributed by atoms with Crippen molar-refractivity contribution in [3.63, 3.8) is 0 Å². The molecule has 0 bridgehead atoms. The Balaban J connectivity index is 1.64. The van der Waals surface area contributed by atoms with Crippen LogP contribution in [0, 0.1) is 12.8 Å². The van der Waals surface area contributed by atoms with Crippen molar-refractivity contribution >= 4 is 22.8 Å². The number of furan rings is 1. The summed E-state index contributed by atoms with van der Waals surface area (Å²) < 4.78 is 5.31. The van der Waals surface area contributed by atoms with Gasteiger partial charge in [0.05, 0.1) is 12.2 Å². The van der Waals surface area contributed by atoms with E-state index in [-0.39, 0.29) is 18.4 Å². The van der Waals surface area contributed by atoms with Gasteiger partial charge in [-0.05, 0) is 42.3 Å². The van der Waals surface area contributed by atoms with Crippen LogP contribution in [-0.2, 0) is 4.79 Å². The second-order valence-electron chi connectivity index (χ2n) is 6.79. The Labute approximate surface area is 150 Å². The molecule has 1 aromatic heterocycles. The average molecular weight is 349 g/mol. The lowest BCUT2D eigenvalue weighted by Crippen LogP contribution is -2.29. The van der Waals surface area contributed by atoms with Crippen molar-refractivity contribution < 1.29 is 19.1 Å². The fourth-order valence-electron chi connectivity index (χ4n) is 3.82. The Bertz CT molecular complexity index is 990. The maximum absolute atomic E-state index is 12.9. The fourth-order valence-corrected chi connectivity index (χ4v) is 3.82. The molecule has 2 heterocycles. The first-order valence-electron chi connectivity index (χ1n) is 8.59. The van der Waals surface area contributed by atoms with Crippen LogP contribution in [0.5, 0.6) is 0 Å². The van der Waals surface area contributed by atoms with Crippen molar-refractivity contribution in [1.29, 1.82) is 0 Å². The van der Waals surface area contributed by atoms with Crippen LogP contribution in [0.4, 0.5) is 0 Å². The van der Waals surface area contributed by atoms with Crippen LogP contribution in [0.25, 0.3) is 11.0 Å². The molecule has 5 heteroatoms. The molecule has 1 amide bonds. The van der Waals surface area contributed by atoms with Gasteiger partial charge in [-0.25, -0.2) is 0 Å². The van der Waals surface area contributed by atoms with E-state index >= 15 is 0 Å². The number of rotatable bonds is 3. The van der Waals surface area contributed by atoms with Crippen molar-refractivity contribution in [3.8, 4) is 0 Å². The highest BCUT2D eigenvalue weighted by atomic mass is 16.4. The van der Waals surface area contributed by atoms with E-state index < -0.39 is 11.9 Å². The zero-order valence-electron chi connectivity index (χ0n) is 14.4. The number of aryl methyl sites for hydroxylation is 1. The summed E-state index contributed by atoms with van der Waals surface area (Å²) in [6, 6.07) is 14.9. The maximum Gasteiger partial charge on any atom is 0.308 e. The second kappa shape index (κ2) is 6.33. The van der Waals surface area contributed by atoms with Crippen LogP contribution in [0.2, 0.25) is 0 Å². The molecule has 0 saturated carbocycles. The molecule has 1 aliphatic rings. The van der Waals surface area contributed by atoms with Gasteiger partial charge >= 0.3 is 5.97 Å². The van der Waals surface area contributed by atoms with E-state index in [0.717, 1.165) is 22.1 Å². The molecule has 0 spiro atoms. The topological polar surface area (TPSA) is 70.8 Å². The molecule has 132 valence electrons. The first-order chi connectivity index (χ1) is 12.5. The van der Waals surface area contributed by atoms with Crippen LogP contribution in [-0.4, -0.2) is 35.0 Å². The zero-order valence-corrected chi connectivity index (χ0v) is 14.4. The van der Waals surface area contributed by atoms with Crippen LogP contribution in [0.1, 0.15) is 27.4 Å². The van der Waals surface area contributed by atoms with Gasteiger partial charge in [-0.2, -0.15) is 0 Å². The Morgan fingerprint density at radius 3 is 2.69 bits per heavy atom. The lowest BCUT2D eigenvalue weighted by Gasteiger charge is -2.18. The van der Waals surface area contributed by atoms with E-state index in [1.54, 1.807) is 29.4 Å². The van der Waals surface area contributed by atoms with Crippen molar-refractivity contribution in [2.24, 2.45) is 5.92 Å². The van der Waals surface area contributed by atoms with Gasteiger partial charge < -0.3 is 14.4 Å². The van der Waals surface area contributed by atoms with E-state index in [0.29, 0.717) is 12.1 Å². The van der Waals surface area contributed by atoms with Gasteiger partial charge in [0.2, 0.25) is 0 Å². The van der Waals surface area contributed by atoms with Crippen molar-refractivity contribution in [2.75, 3.05) is 13.1 Å². The third-order valence-electron chi connectivity index (χ3n) is 5.21. The lowest BCUT2D eigenvalue weighted by molar-refractivity contribution is -0.141. The number of hydrogen-bond acceptors (Lipinski definition) is 3. The number of benzene rings is 2. The van der Waals surface area contributed by atoms with Gasteiger partial charge in [0, 0.05) is 30.0 Å². The quantitative estimate of drug-likeness (QED) is 0.783. The van der Waals surface area contributed by atoms with E-state index in [4.69, 9.17) is 4.42 Å². The minimum atomic E-state index is -0.862. The van der Waals surface area contributed by atoms with Crippen LogP contribution < -0.4 is 0 Å². The number of carbonyl (C=O) groups excluding carboxylic acids is 1. The molecule has 26 heavy (non-hydrogen) atoms. The smallest absolute Gasteiger partial charge is 0.308 e. The number of amides is 1. The second-order valence-corrected chi connectivity index (χ2v) is 6.79. The predicted octanol–water partition coefficient (Wildman–Crippen LogP) is 3.68. The molecule has 3 aromatic rings. The summed E-state index contributed by atoms with van der Waals surface area (Å²) in [5.74, 6) is -1.80. The van der Waals surface area contributed by atoms with Crippen molar-refractivity contribution in [2.45, 2.75) is 12.8 Å². The number of aliphatic carboxylic acids is 1. The largest absolute Gasteiger partial charge is 0.481 e.